The Morgan fingerprint density at radius 3 is 2.82 bits per heavy atom. The van der Waals surface area contributed by atoms with E-state index in [-0.39, 0.29) is 24.7 Å². The first-order valence-electron chi connectivity index (χ1n) is 5.82. The lowest BCUT2D eigenvalue weighted by atomic mass is 10.1. The molecule has 1 aromatic rings. The van der Waals surface area contributed by atoms with Gasteiger partial charge < -0.3 is 15.2 Å². The van der Waals surface area contributed by atoms with Gasteiger partial charge in [0.05, 0.1) is 19.1 Å². The van der Waals surface area contributed by atoms with Crippen molar-refractivity contribution < 1.29 is 14.6 Å². The van der Waals surface area contributed by atoms with E-state index in [2.05, 4.69) is 5.32 Å². The molecule has 3 atom stereocenters. The van der Waals surface area contributed by atoms with Gasteiger partial charge in [-0.2, -0.15) is 0 Å². The molecule has 0 amide bonds. The Morgan fingerprint density at radius 1 is 1.47 bits per heavy atom. The zero-order valence-electron chi connectivity index (χ0n) is 9.80. The van der Waals surface area contributed by atoms with Crippen LogP contribution in [0, 0.1) is 0 Å². The van der Waals surface area contributed by atoms with Gasteiger partial charge in [-0.1, -0.05) is 30.3 Å². The molecule has 2 rings (SSSR count). The number of hydrogen-bond acceptors (Lipinski definition) is 4. The van der Waals surface area contributed by atoms with Crippen LogP contribution in [0.5, 0.6) is 0 Å². The minimum absolute atomic E-state index is 0.109. The summed E-state index contributed by atoms with van der Waals surface area (Å²) < 4.78 is 5.01. The van der Waals surface area contributed by atoms with E-state index < -0.39 is 6.10 Å². The molecule has 0 aliphatic carbocycles. The van der Waals surface area contributed by atoms with Crippen LogP contribution in [0.1, 0.15) is 24.9 Å². The normalized spacial score (nSPS) is 25.6. The highest BCUT2D eigenvalue weighted by Crippen LogP contribution is 2.19. The molecule has 0 aromatic heterocycles. The van der Waals surface area contributed by atoms with Gasteiger partial charge in [0.15, 0.2) is 0 Å². The number of benzene rings is 1. The molecule has 92 valence electrons. The first kappa shape index (κ1) is 12.1. The number of carbonyl (C=O) groups is 1. The highest BCUT2D eigenvalue weighted by atomic mass is 16.6. The third-order valence-corrected chi connectivity index (χ3v) is 3.06. The summed E-state index contributed by atoms with van der Waals surface area (Å²) in [7, 11) is 0. The number of aliphatic hydroxyl groups excluding tert-OH is 1. The molecule has 17 heavy (non-hydrogen) atoms. The fourth-order valence-corrected chi connectivity index (χ4v) is 2.10. The summed E-state index contributed by atoms with van der Waals surface area (Å²) in [5.74, 6) is -0.248. The number of carbonyl (C=O) groups excluding carboxylic acids is 1. The summed E-state index contributed by atoms with van der Waals surface area (Å²) >= 11 is 0. The minimum atomic E-state index is -0.423. The van der Waals surface area contributed by atoms with Crippen LogP contribution >= 0.6 is 0 Å². The third-order valence-electron chi connectivity index (χ3n) is 3.06. The fraction of sp³-hybridized carbons (Fsp3) is 0.462. The average molecular weight is 235 g/mol. The van der Waals surface area contributed by atoms with Crippen molar-refractivity contribution in [2.24, 2.45) is 0 Å². The van der Waals surface area contributed by atoms with E-state index in [0.29, 0.717) is 6.42 Å². The molecule has 1 aromatic carbocycles. The molecule has 0 unspecified atom stereocenters. The maximum absolute atomic E-state index is 11.2. The first-order valence-corrected chi connectivity index (χ1v) is 5.82. The Kier molecular flexibility index (Phi) is 3.76. The Bertz CT molecular complexity index is 380. The van der Waals surface area contributed by atoms with Gasteiger partial charge >= 0.3 is 5.97 Å². The molecule has 1 heterocycles. The standard InChI is InChI=1S/C13H17NO3/c1-9(10-5-3-2-4-6-10)14-11-7-13(16)17-12(11)8-15/h2-6,9,11-12,14-15H,7-8H2,1H3/t9-,11+,12+/m0/s1. The fourth-order valence-electron chi connectivity index (χ4n) is 2.10. The number of cyclic esters (lactones) is 1. The van der Waals surface area contributed by atoms with Gasteiger partial charge in [0.25, 0.3) is 0 Å². The highest BCUT2D eigenvalue weighted by Gasteiger charge is 2.34. The van der Waals surface area contributed by atoms with Crippen molar-refractivity contribution in [3.63, 3.8) is 0 Å². The lowest BCUT2D eigenvalue weighted by Crippen LogP contribution is -2.39. The molecule has 1 fully saturated rings. The smallest absolute Gasteiger partial charge is 0.307 e. The molecular weight excluding hydrogens is 218 g/mol. The van der Waals surface area contributed by atoms with Gasteiger partial charge in [-0.15, -0.1) is 0 Å². The van der Waals surface area contributed by atoms with Gasteiger partial charge in [0, 0.05) is 6.04 Å². The predicted octanol–water partition coefficient (Wildman–Crippen LogP) is 1.01. The summed E-state index contributed by atoms with van der Waals surface area (Å²) in [4.78, 5) is 11.2. The minimum Gasteiger partial charge on any atom is -0.458 e. The second-order valence-electron chi connectivity index (χ2n) is 4.32. The van der Waals surface area contributed by atoms with E-state index in [1.165, 1.54) is 0 Å². The molecular formula is C13H17NO3. The number of hydrogen-bond donors (Lipinski definition) is 2. The molecule has 1 aliphatic rings. The largest absolute Gasteiger partial charge is 0.458 e. The van der Waals surface area contributed by atoms with Crippen LogP contribution in [-0.4, -0.2) is 29.8 Å². The van der Waals surface area contributed by atoms with Crippen LogP contribution in [0.2, 0.25) is 0 Å². The maximum atomic E-state index is 11.2. The van der Waals surface area contributed by atoms with E-state index >= 15 is 0 Å². The van der Waals surface area contributed by atoms with Crippen LogP contribution in [0.3, 0.4) is 0 Å². The van der Waals surface area contributed by atoms with E-state index in [1.807, 2.05) is 37.3 Å². The van der Waals surface area contributed by atoms with Crippen molar-refractivity contribution in [1.29, 1.82) is 0 Å². The number of nitrogens with one attached hydrogen (secondary N) is 1. The van der Waals surface area contributed by atoms with Crippen molar-refractivity contribution in [3.8, 4) is 0 Å². The van der Waals surface area contributed by atoms with Crippen molar-refractivity contribution in [3.05, 3.63) is 35.9 Å². The zero-order chi connectivity index (χ0) is 12.3. The van der Waals surface area contributed by atoms with E-state index in [0.717, 1.165) is 5.56 Å². The molecule has 1 aliphatic heterocycles. The molecule has 1 saturated heterocycles. The van der Waals surface area contributed by atoms with Crippen molar-refractivity contribution in [2.45, 2.75) is 31.5 Å². The molecule has 0 saturated carbocycles. The van der Waals surface area contributed by atoms with Crippen LogP contribution in [0.25, 0.3) is 0 Å². The molecule has 4 nitrogen and oxygen atoms in total. The van der Waals surface area contributed by atoms with Crippen molar-refractivity contribution in [2.75, 3.05) is 6.61 Å². The van der Waals surface area contributed by atoms with Gasteiger partial charge in [0.2, 0.25) is 0 Å². The quantitative estimate of drug-likeness (QED) is 0.765. The lowest BCUT2D eigenvalue weighted by Gasteiger charge is -2.22. The Balaban J connectivity index is 1.99. The van der Waals surface area contributed by atoms with Gasteiger partial charge in [-0.3, -0.25) is 4.79 Å². The monoisotopic (exact) mass is 235 g/mol. The summed E-state index contributed by atoms with van der Waals surface area (Å²) in [5.41, 5.74) is 1.16. The number of ether oxygens (including phenoxy) is 1. The van der Waals surface area contributed by atoms with Gasteiger partial charge in [-0.25, -0.2) is 0 Å². The van der Waals surface area contributed by atoms with E-state index in [9.17, 15) is 4.79 Å². The highest BCUT2D eigenvalue weighted by molar-refractivity contribution is 5.72. The lowest BCUT2D eigenvalue weighted by molar-refractivity contribution is -0.142. The Labute approximate surface area is 101 Å². The molecule has 0 spiro atoms. The maximum Gasteiger partial charge on any atom is 0.307 e. The van der Waals surface area contributed by atoms with Crippen LogP contribution in [0.15, 0.2) is 30.3 Å². The molecule has 4 heteroatoms. The van der Waals surface area contributed by atoms with Gasteiger partial charge in [0.1, 0.15) is 6.10 Å². The van der Waals surface area contributed by atoms with Gasteiger partial charge in [-0.05, 0) is 12.5 Å². The zero-order valence-corrected chi connectivity index (χ0v) is 9.80. The Hall–Kier alpha value is -1.39. The van der Waals surface area contributed by atoms with Crippen LogP contribution in [-0.2, 0) is 9.53 Å². The van der Waals surface area contributed by atoms with Crippen molar-refractivity contribution in [1.82, 2.24) is 5.32 Å². The summed E-state index contributed by atoms with van der Waals surface area (Å²) in [6.45, 7) is 1.90. The van der Waals surface area contributed by atoms with Crippen molar-refractivity contribution >= 4 is 5.97 Å². The number of rotatable bonds is 4. The molecule has 0 bridgehead atoms. The average Bonchev–Trinajstić information content (AvgIpc) is 2.70. The topological polar surface area (TPSA) is 58.6 Å². The summed E-state index contributed by atoms with van der Waals surface area (Å²) in [6, 6.07) is 10.0. The number of aliphatic hydroxyl groups is 1. The molecule has 0 radical (unpaired) electrons. The summed E-state index contributed by atoms with van der Waals surface area (Å²) in [6.07, 6.45) is -0.101. The Morgan fingerprint density at radius 2 is 2.18 bits per heavy atom. The molecule has 2 N–H and O–H groups in total. The van der Waals surface area contributed by atoms with E-state index in [1.54, 1.807) is 0 Å². The predicted molar refractivity (Wildman–Crippen MR) is 63.4 cm³/mol. The second-order valence-corrected chi connectivity index (χ2v) is 4.32. The van der Waals surface area contributed by atoms with E-state index in [4.69, 9.17) is 9.84 Å². The summed E-state index contributed by atoms with van der Waals surface area (Å²) in [5, 5.41) is 12.4. The first-order chi connectivity index (χ1) is 8.20. The van der Waals surface area contributed by atoms with Crippen LogP contribution in [0.4, 0.5) is 0 Å². The van der Waals surface area contributed by atoms with Crippen LogP contribution < -0.4 is 5.32 Å². The SMILES string of the molecule is C[C@H](N[C@@H]1CC(=O)O[C@@H]1CO)c1ccccc1. The number of esters is 1. The third kappa shape index (κ3) is 2.84. The second kappa shape index (κ2) is 5.29.